The van der Waals surface area contributed by atoms with E-state index in [0.29, 0.717) is 12.0 Å². The molecule has 0 fully saturated rings. The molecule has 2 atom stereocenters. The molecule has 0 radical (unpaired) electrons. The van der Waals surface area contributed by atoms with E-state index in [9.17, 15) is 26.1 Å². The fraction of sp³-hybridized carbons (Fsp3) is 0.500. The summed E-state index contributed by atoms with van der Waals surface area (Å²) in [4.78, 5) is -0.429. The number of hydrogen-bond donors (Lipinski definition) is 1. The van der Waals surface area contributed by atoms with Crippen LogP contribution in [0.25, 0.3) is 0 Å². The normalized spacial score (nSPS) is 15.7. The topological polar surface area (TPSA) is 94.1 Å². The second-order valence-electron chi connectivity index (χ2n) is 4.57. The predicted octanol–water partition coefficient (Wildman–Crippen LogP) is 1.06. The van der Waals surface area contributed by atoms with Gasteiger partial charge in [0.05, 0.1) is 4.90 Å². The van der Waals surface area contributed by atoms with Crippen molar-refractivity contribution in [3.8, 4) is 0 Å². The number of rotatable bonds is 6. The van der Waals surface area contributed by atoms with Crippen LogP contribution in [0, 0.1) is 0 Å². The average molecular weight is 327 g/mol. The molecular formula is C12H16F3NO4S. The third-order valence-electron chi connectivity index (χ3n) is 2.98. The zero-order chi connectivity index (χ0) is 16.3. The first-order valence-corrected chi connectivity index (χ1v) is 7.56. The molecule has 1 rings (SSSR count). The minimum atomic E-state index is -4.77. The number of ether oxygens (including phenoxy) is 1. The quantitative estimate of drug-likeness (QED) is 0.791. The van der Waals surface area contributed by atoms with Crippen molar-refractivity contribution < 1.29 is 36.6 Å². The van der Waals surface area contributed by atoms with E-state index >= 15 is 0 Å². The molecule has 0 aromatic heterocycles. The number of alkyl halides is 3. The molecule has 0 aliphatic carbocycles. The highest BCUT2D eigenvalue weighted by molar-refractivity contribution is 7.85. The highest BCUT2D eigenvalue weighted by Gasteiger charge is 2.36. The van der Waals surface area contributed by atoms with Gasteiger partial charge in [-0.15, -0.1) is 13.2 Å². The first-order chi connectivity index (χ1) is 9.53. The van der Waals surface area contributed by atoms with Crippen LogP contribution in [0.15, 0.2) is 29.2 Å². The van der Waals surface area contributed by atoms with E-state index < -0.39 is 33.5 Å². The van der Waals surface area contributed by atoms with Crippen molar-refractivity contribution in [2.45, 2.75) is 43.2 Å². The summed E-state index contributed by atoms with van der Waals surface area (Å²) in [5.74, 6) is 0. The molecule has 120 valence electrons. The molecule has 0 heterocycles. The Balaban J connectivity index is 2.88. The number of hydrogen-bond acceptors (Lipinski definition) is 4. The maximum Gasteiger partial charge on any atom is 0.523 e. The van der Waals surface area contributed by atoms with Crippen LogP contribution in [0.1, 0.15) is 18.9 Å². The smallest absolute Gasteiger partial charge is 0.523 e. The Morgan fingerprint density at radius 3 is 2.19 bits per heavy atom. The van der Waals surface area contributed by atoms with Crippen LogP contribution >= 0.6 is 0 Å². The lowest BCUT2D eigenvalue weighted by atomic mass is 10.0. The fourth-order valence-corrected chi connectivity index (χ4v) is 2.23. The lowest BCUT2D eigenvalue weighted by Gasteiger charge is -2.22. The van der Waals surface area contributed by atoms with Crippen LogP contribution < -0.4 is 5.73 Å². The molecule has 9 heteroatoms. The molecule has 1 aromatic rings. The summed E-state index contributed by atoms with van der Waals surface area (Å²) in [5, 5.41) is 0. The number of halogens is 3. The van der Waals surface area contributed by atoms with E-state index in [1.54, 1.807) is 6.92 Å². The molecule has 0 saturated heterocycles. The average Bonchev–Trinajstić information content (AvgIpc) is 2.35. The summed E-state index contributed by atoms with van der Waals surface area (Å²) in [6.45, 7) is 1.69. The summed E-state index contributed by atoms with van der Waals surface area (Å²) in [5.41, 5.74) is 4.05. The molecule has 0 spiro atoms. The van der Waals surface area contributed by atoms with Crippen LogP contribution in [0.4, 0.5) is 13.2 Å². The van der Waals surface area contributed by atoms with Gasteiger partial charge in [0.25, 0.3) is 0 Å². The van der Waals surface area contributed by atoms with E-state index in [0.717, 1.165) is 12.1 Å². The van der Waals surface area contributed by atoms with Gasteiger partial charge in [-0.2, -0.15) is 0 Å². The Labute approximate surface area is 120 Å². The maximum absolute atomic E-state index is 12.4. The van der Waals surface area contributed by atoms with Gasteiger partial charge >= 0.3 is 6.36 Å². The van der Waals surface area contributed by atoms with Crippen LogP contribution in [-0.4, -0.2) is 31.5 Å². The predicted molar refractivity (Wildman–Crippen MR) is 66.0 cm³/mol. The third kappa shape index (κ3) is 6.00. The van der Waals surface area contributed by atoms with Crippen molar-refractivity contribution in [2.24, 2.45) is 0 Å². The monoisotopic (exact) mass is 327 g/mol. The molecule has 0 saturated carbocycles. The van der Waals surface area contributed by atoms with Gasteiger partial charge in [0.2, 0.25) is 0 Å². The van der Waals surface area contributed by atoms with Crippen LogP contribution in [-0.2, 0) is 21.3 Å². The molecule has 0 aliphatic heterocycles. The van der Waals surface area contributed by atoms with E-state index in [1.165, 1.54) is 12.1 Å². The van der Waals surface area contributed by atoms with Crippen LogP contribution in [0.5, 0.6) is 0 Å². The molecule has 0 bridgehead atoms. The van der Waals surface area contributed by atoms with Crippen LogP contribution in [0.3, 0.4) is 0 Å². The fourth-order valence-electron chi connectivity index (χ4n) is 1.76. The lowest BCUT2D eigenvalue weighted by Crippen LogP contribution is -2.67. The van der Waals surface area contributed by atoms with Crippen molar-refractivity contribution in [3.05, 3.63) is 29.8 Å². The van der Waals surface area contributed by atoms with Crippen LogP contribution in [0.2, 0.25) is 0 Å². The Hall–Kier alpha value is -1.16. The van der Waals surface area contributed by atoms with E-state index in [2.05, 4.69) is 10.5 Å². The Morgan fingerprint density at radius 2 is 1.81 bits per heavy atom. The van der Waals surface area contributed by atoms with Crippen molar-refractivity contribution in [3.63, 3.8) is 0 Å². The van der Waals surface area contributed by atoms with Crippen molar-refractivity contribution in [2.75, 3.05) is 0 Å². The highest BCUT2D eigenvalue weighted by Crippen LogP contribution is 2.23. The first-order valence-electron chi connectivity index (χ1n) is 6.15. The van der Waals surface area contributed by atoms with Gasteiger partial charge in [-0.25, -0.2) is 8.42 Å². The largest absolute Gasteiger partial charge is 0.744 e. The summed E-state index contributed by atoms with van der Waals surface area (Å²) >= 11 is 0. The van der Waals surface area contributed by atoms with Gasteiger partial charge in [0.1, 0.15) is 22.3 Å². The van der Waals surface area contributed by atoms with E-state index in [-0.39, 0.29) is 6.42 Å². The number of benzene rings is 1. The Morgan fingerprint density at radius 1 is 1.29 bits per heavy atom. The molecule has 5 nitrogen and oxygen atoms in total. The van der Waals surface area contributed by atoms with Gasteiger partial charge in [0.15, 0.2) is 0 Å². The minimum absolute atomic E-state index is 0.0826. The molecule has 1 aromatic carbocycles. The molecule has 3 N–H and O–H groups in total. The van der Waals surface area contributed by atoms with E-state index in [1.807, 2.05) is 0 Å². The molecule has 0 amide bonds. The Kier molecular flexibility index (Phi) is 5.74. The summed E-state index contributed by atoms with van der Waals surface area (Å²) < 4.78 is 73.4. The minimum Gasteiger partial charge on any atom is -0.744 e. The second-order valence-corrected chi connectivity index (χ2v) is 5.95. The van der Waals surface area contributed by atoms with Gasteiger partial charge in [-0.05, 0) is 24.1 Å². The molecular weight excluding hydrogens is 311 g/mol. The van der Waals surface area contributed by atoms with Crippen molar-refractivity contribution in [1.29, 1.82) is 0 Å². The highest BCUT2D eigenvalue weighted by atomic mass is 32.2. The summed E-state index contributed by atoms with van der Waals surface area (Å²) in [7, 11) is -4.57. The van der Waals surface area contributed by atoms with Crippen molar-refractivity contribution >= 4 is 10.1 Å². The zero-order valence-electron chi connectivity index (χ0n) is 11.3. The van der Waals surface area contributed by atoms with Gasteiger partial charge in [-0.1, -0.05) is 19.1 Å². The standard InChI is InChI=1S/C12H16F3NO4S/c1-2-10(16)11(20-12(13,14)15)7-8-3-5-9(6-4-8)21(17,18)19/h3-6,10-11H,2,7,16H2,1H3,(H,17,18,19)/t10-,11?/m0/s1. The maximum atomic E-state index is 12.4. The third-order valence-corrected chi connectivity index (χ3v) is 3.83. The van der Waals surface area contributed by atoms with Gasteiger partial charge in [0, 0.05) is 6.42 Å². The number of quaternary nitrogens is 1. The molecule has 1 unspecified atom stereocenters. The zero-order valence-corrected chi connectivity index (χ0v) is 12.1. The Bertz CT molecular complexity index is 557. The first kappa shape index (κ1) is 17.9. The van der Waals surface area contributed by atoms with Crippen molar-refractivity contribution in [1.82, 2.24) is 0 Å². The SMILES string of the molecule is CC[C@H]([NH3+])C(Cc1ccc(S(=O)(=O)[O-])cc1)OC(F)(F)F. The van der Waals surface area contributed by atoms with E-state index in [4.69, 9.17) is 0 Å². The van der Waals surface area contributed by atoms with Gasteiger partial charge < -0.3 is 10.3 Å². The summed E-state index contributed by atoms with van der Waals surface area (Å²) in [6.07, 6.45) is -5.63. The molecule has 0 aliphatic rings. The second kappa shape index (κ2) is 6.73. The summed E-state index contributed by atoms with van der Waals surface area (Å²) in [6, 6.07) is 4.13. The lowest BCUT2D eigenvalue weighted by molar-refractivity contribution is -0.463. The molecule has 21 heavy (non-hydrogen) atoms. The van der Waals surface area contributed by atoms with Gasteiger partial charge in [-0.3, -0.25) is 4.74 Å².